The second-order valence-corrected chi connectivity index (χ2v) is 5.47. The quantitative estimate of drug-likeness (QED) is 0.615. The number of halogens is 3. The Balaban J connectivity index is 1.93. The third-order valence-electron chi connectivity index (χ3n) is 3.15. The zero-order valence-corrected chi connectivity index (χ0v) is 12.7. The van der Waals surface area contributed by atoms with Crippen molar-refractivity contribution in [2.75, 3.05) is 0 Å². The van der Waals surface area contributed by atoms with Crippen molar-refractivity contribution in [3.8, 4) is 5.88 Å². The first-order valence-corrected chi connectivity index (χ1v) is 7.16. The second kappa shape index (κ2) is 5.84. The highest BCUT2D eigenvalue weighted by atomic mass is 79.9. The number of hydrogen-bond acceptors (Lipinski definition) is 3. The smallest absolute Gasteiger partial charge is 0.218 e. The first-order chi connectivity index (χ1) is 10.6. The van der Waals surface area contributed by atoms with Crippen molar-refractivity contribution in [3.63, 3.8) is 0 Å². The molecule has 4 nitrogen and oxygen atoms in total. The summed E-state index contributed by atoms with van der Waals surface area (Å²) in [7, 11) is 0. The molecule has 0 fully saturated rings. The molecule has 0 saturated heterocycles. The summed E-state index contributed by atoms with van der Waals surface area (Å²) in [6.07, 6.45) is 0. The summed E-state index contributed by atoms with van der Waals surface area (Å²) < 4.78 is 27.3. The summed E-state index contributed by atoms with van der Waals surface area (Å²) >= 11 is 3.38. The number of nitrogens with zero attached hydrogens (tertiary/aromatic N) is 2. The molecule has 0 aliphatic heterocycles. The van der Waals surface area contributed by atoms with Crippen molar-refractivity contribution in [1.29, 1.82) is 0 Å². The van der Waals surface area contributed by atoms with Gasteiger partial charge in [-0.05, 0) is 30.3 Å². The third kappa shape index (κ3) is 2.71. The molecule has 2 aromatic carbocycles. The topological polar surface area (TPSA) is 60.7 Å². The van der Waals surface area contributed by atoms with Crippen LogP contribution in [0.3, 0.4) is 0 Å². The van der Waals surface area contributed by atoms with Crippen molar-refractivity contribution < 1.29 is 13.9 Å². The van der Waals surface area contributed by atoms with E-state index in [1.54, 1.807) is 12.1 Å². The van der Waals surface area contributed by atoms with Crippen LogP contribution in [-0.2, 0) is 6.54 Å². The molecule has 2 N–H and O–H groups in total. The first-order valence-electron chi connectivity index (χ1n) is 6.37. The minimum absolute atomic E-state index is 0.0992. The molecule has 3 aromatic rings. The van der Waals surface area contributed by atoms with Gasteiger partial charge in [-0.25, -0.2) is 8.78 Å². The van der Waals surface area contributed by atoms with E-state index in [1.165, 1.54) is 0 Å². The van der Waals surface area contributed by atoms with E-state index >= 15 is 0 Å². The fourth-order valence-electron chi connectivity index (χ4n) is 2.12. The summed E-state index contributed by atoms with van der Waals surface area (Å²) in [5.74, 6) is -1.22. The minimum Gasteiger partial charge on any atom is -0.493 e. The average molecular weight is 366 g/mol. The maximum Gasteiger partial charge on any atom is 0.218 e. The Morgan fingerprint density at radius 2 is 2.00 bits per heavy atom. The molecule has 0 bridgehead atoms. The summed E-state index contributed by atoms with van der Waals surface area (Å²) in [6.45, 7) is -0.125. The van der Waals surface area contributed by atoms with Crippen LogP contribution in [0.4, 0.5) is 14.5 Å². The van der Waals surface area contributed by atoms with Crippen LogP contribution in [0.25, 0.3) is 10.9 Å². The number of rotatable bonds is 3. The maximum atomic E-state index is 13.5. The Kier molecular flexibility index (Phi) is 3.89. The van der Waals surface area contributed by atoms with Crippen LogP contribution < -0.4 is 0 Å². The monoisotopic (exact) mass is 365 g/mol. The SMILES string of the molecule is Oc1[nH]c2cccc(Br)c2c1N=NCc1cc(F)ccc1F. The molecule has 112 valence electrons. The van der Waals surface area contributed by atoms with Crippen molar-refractivity contribution in [1.82, 2.24) is 4.98 Å². The largest absolute Gasteiger partial charge is 0.493 e. The second-order valence-electron chi connectivity index (χ2n) is 4.62. The van der Waals surface area contributed by atoms with Crippen LogP contribution in [0, 0.1) is 11.6 Å². The number of H-pyrrole nitrogens is 1. The normalized spacial score (nSPS) is 11.6. The van der Waals surface area contributed by atoms with Gasteiger partial charge in [-0.2, -0.15) is 5.11 Å². The standard InChI is InChI=1S/C15H10BrF2N3O/c16-10-2-1-3-12-13(10)14(15(22)20-12)21-19-7-8-6-9(17)4-5-11(8)18/h1-6,20,22H,7H2. The van der Waals surface area contributed by atoms with Crippen LogP contribution in [-0.4, -0.2) is 10.1 Å². The van der Waals surface area contributed by atoms with E-state index in [1.807, 2.05) is 6.07 Å². The Morgan fingerprint density at radius 3 is 2.82 bits per heavy atom. The molecule has 0 radical (unpaired) electrons. The van der Waals surface area contributed by atoms with Gasteiger partial charge < -0.3 is 10.1 Å². The van der Waals surface area contributed by atoms with Gasteiger partial charge in [0.1, 0.15) is 11.6 Å². The lowest BCUT2D eigenvalue weighted by molar-refractivity contribution is 0.459. The number of aromatic hydroxyl groups is 1. The van der Waals surface area contributed by atoms with Gasteiger partial charge in [0.15, 0.2) is 5.69 Å². The first kappa shape index (κ1) is 14.6. The average Bonchev–Trinajstić information content (AvgIpc) is 2.80. The maximum absolute atomic E-state index is 13.5. The molecule has 0 spiro atoms. The zero-order chi connectivity index (χ0) is 15.7. The number of hydrogen-bond donors (Lipinski definition) is 2. The van der Waals surface area contributed by atoms with Crippen molar-refractivity contribution in [3.05, 3.63) is 58.1 Å². The van der Waals surface area contributed by atoms with Crippen LogP contribution in [0.5, 0.6) is 5.88 Å². The number of benzene rings is 2. The van der Waals surface area contributed by atoms with Crippen LogP contribution in [0.1, 0.15) is 5.56 Å². The fraction of sp³-hybridized carbons (Fsp3) is 0.0667. The minimum atomic E-state index is -0.551. The van der Waals surface area contributed by atoms with E-state index in [0.29, 0.717) is 10.9 Å². The fourth-order valence-corrected chi connectivity index (χ4v) is 2.67. The van der Waals surface area contributed by atoms with Gasteiger partial charge >= 0.3 is 0 Å². The number of azo groups is 1. The molecule has 0 saturated carbocycles. The van der Waals surface area contributed by atoms with E-state index in [0.717, 1.165) is 22.7 Å². The van der Waals surface area contributed by atoms with Gasteiger partial charge in [-0.1, -0.05) is 22.0 Å². The Morgan fingerprint density at radius 1 is 1.18 bits per heavy atom. The molecule has 0 amide bonds. The Bertz CT molecular complexity index is 877. The van der Waals surface area contributed by atoms with E-state index in [4.69, 9.17) is 0 Å². The molecule has 0 atom stereocenters. The van der Waals surface area contributed by atoms with Crippen molar-refractivity contribution >= 4 is 32.5 Å². The zero-order valence-electron chi connectivity index (χ0n) is 11.1. The van der Waals surface area contributed by atoms with E-state index < -0.39 is 11.6 Å². The summed E-state index contributed by atoms with van der Waals surface area (Å²) in [6, 6.07) is 8.55. The van der Waals surface area contributed by atoms with E-state index in [2.05, 4.69) is 31.1 Å². The van der Waals surface area contributed by atoms with Gasteiger partial charge in [0.2, 0.25) is 5.88 Å². The van der Waals surface area contributed by atoms with E-state index in [9.17, 15) is 13.9 Å². The molecule has 3 rings (SSSR count). The number of aromatic amines is 1. The predicted octanol–water partition coefficient (Wildman–Crippen LogP) is 5.20. The molecular weight excluding hydrogens is 356 g/mol. The lowest BCUT2D eigenvalue weighted by Crippen LogP contribution is -1.89. The molecule has 0 aliphatic carbocycles. The molecular formula is C15H10BrF2N3O. The van der Waals surface area contributed by atoms with Crippen molar-refractivity contribution in [2.24, 2.45) is 10.2 Å². The molecule has 7 heteroatoms. The molecule has 0 aliphatic rings. The lowest BCUT2D eigenvalue weighted by Gasteiger charge is -1.99. The van der Waals surface area contributed by atoms with Crippen LogP contribution >= 0.6 is 15.9 Å². The summed E-state index contributed by atoms with van der Waals surface area (Å²) in [5.41, 5.74) is 1.04. The highest BCUT2D eigenvalue weighted by Crippen LogP contribution is 2.39. The van der Waals surface area contributed by atoms with Crippen LogP contribution in [0.15, 0.2) is 51.1 Å². The van der Waals surface area contributed by atoms with Gasteiger partial charge in [-0.15, -0.1) is 5.11 Å². The molecule has 1 heterocycles. The molecule has 22 heavy (non-hydrogen) atoms. The van der Waals surface area contributed by atoms with Gasteiger partial charge in [0.25, 0.3) is 0 Å². The van der Waals surface area contributed by atoms with Gasteiger partial charge in [0, 0.05) is 15.4 Å². The van der Waals surface area contributed by atoms with Crippen LogP contribution in [0.2, 0.25) is 0 Å². The third-order valence-corrected chi connectivity index (χ3v) is 3.81. The van der Waals surface area contributed by atoms with E-state index in [-0.39, 0.29) is 23.7 Å². The molecule has 1 aromatic heterocycles. The van der Waals surface area contributed by atoms with Gasteiger partial charge in [0.05, 0.1) is 12.1 Å². The summed E-state index contributed by atoms with van der Waals surface area (Å²) in [4.78, 5) is 2.77. The van der Waals surface area contributed by atoms with Crippen molar-refractivity contribution in [2.45, 2.75) is 6.54 Å². The van der Waals surface area contributed by atoms with Gasteiger partial charge in [-0.3, -0.25) is 0 Å². The molecule has 0 unspecified atom stereocenters. The number of aromatic nitrogens is 1. The lowest BCUT2D eigenvalue weighted by atomic mass is 10.2. The predicted molar refractivity (Wildman–Crippen MR) is 82.2 cm³/mol. The Hall–Kier alpha value is -2.28. The number of fused-ring (bicyclic) bond motifs is 1. The highest BCUT2D eigenvalue weighted by molar-refractivity contribution is 9.10. The summed E-state index contributed by atoms with van der Waals surface area (Å²) in [5, 5.41) is 18.4. The Labute approximate surface area is 132 Å². The number of nitrogens with one attached hydrogen (secondary N) is 1. The highest BCUT2D eigenvalue weighted by Gasteiger charge is 2.13.